The molecule has 0 spiro atoms. The number of aromatic nitrogens is 3. The first-order valence-corrected chi connectivity index (χ1v) is 8.64. The van der Waals surface area contributed by atoms with Gasteiger partial charge in [-0.15, -0.1) is 0 Å². The van der Waals surface area contributed by atoms with Gasteiger partial charge in [-0.1, -0.05) is 0 Å². The van der Waals surface area contributed by atoms with E-state index in [0.717, 1.165) is 42.3 Å². The molecule has 8 heteroatoms. The molecule has 0 saturated carbocycles. The molecule has 0 radical (unpaired) electrons. The second-order valence-corrected chi connectivity index (χ2v) is 6.38. The largest absolute Gasteiger partial charge is 0.493 e. The molecule has 0 atom stereocenters. The van der Waals surface area contributed by atoms with Gasteiger partial charge in [0.05, 0.1) is 27.5 Å². The quantitative estimate of drug-likeness (QED) is 0.702. The first kappa shape index (κ1) is 17.9. The Balaban J connectivity index is 1.73. The third-order valence-electron chi connectivity index (χ3n) is 4.46. The molecule has 2 aromatic rings. The van der Waals surface area contributed by atoms with E-state index in [4.69, 9.17) is 26.4 Å². The number of hydrogen-bond donors (Lipinski definition) is 0. The number of nitrogens with zero attached hydrogens (tertiary/aromatic N) is 4. The second-order valence-electron chi connectivity index (χ2n) is 6.02. The SMILES string of the molecule is COCCn1cnn(CN2CCc3cc(OC)c(OC)cc3C2)c1=S. The summed E-state index contributed by atoms with van der Waals surface area (Å²) in [7, 11) is 5.01. The molecule has 25 heavy (non-hydrogen) atoms. The predicted octanol–water partition coefficient (Wildman–Crippen LogP) is 2.09. The van der Waals surface area contributed by atoms with Gasteiger partial charge in [0.1, 0.15) is 6.33 Å². The molecule has 2 heterocycles. The maximum atomic E-state index is 5.50. The van der Waals surface area contributed by atoms with Gasteiger partial charge in [-0.05, 0) is 41.9 Å². The summed E-state index contributed by atoms with van der Waals surface area (Å²) in [5.41, 5.74) is 2.57. The van der Waals surface area contributed by atoms with E-state index in [9.17, 15) is 0 Å². The van der Waals surface area contributed by atoms with Gasteiger partial charge < -0.3 is 18.8 Å². The van der Waals surface area contributed by atoms with E-state index in [1.54, 1.807) is 27.7 Å². The van der Waals surface area contributed by atoms with Crippen LogP contribution < -0.4 is 9.47 Å². The Hall–Kier alpha value is -1.90. The average Bonchev–Trinajstić information content (AvgIpc) is 2.98. The average molecular weight is 364 g/mol. The number of rotatable bonds is 7. The van der Waals surface area contributed by atoms with Crippen LogP contribution in [-0.2, 0) is 30.9 Å². The van der Waals surface area contributed by atoms with E-state index in [-0.39, 0.29) is 0 Å². The molecular weight excluding hydrogens is 340 g/mol. The van der Waals surface area contributed by atoms with Crippen LogP contribution >= 0.6 is 12.2 Å². The van der Waals surface area contributed by atoms with Gasteiger partial charge in [0, 0.05) is 26.7 Å². The molecule has 0 N–H and O–H groups in total. The van der Waals surface area contributed by atoms with Gasteiger partial charge in [0.25, 0.3) is 0 Å². The van der Waals surface area contributed by atoms with E-state index in [0.29, 0.717) is 13.3 Å². The molecule has 0 amide bonds. The molecule has 3 rings (SSSR count). The fourth-order valence-electron chi connectivity index (χ4n) is 3.06. The van der Waals surface area contributed by atoms with Crippen molar-refractivity contribution in [2.24, 2.45) is 0 Å². The summed E-state index contributed by atoms with van der Waals surface area (Å²) in [5, 5.41) is 4.41. The number of ether oxygens (including phenoxy) is 3. The molecule has 1 aromatic carbocycles. The minimum Gasteiger partial charge on any atom is -0.493 e. The minimum absolute atomic E-state index is 0.624. The highest BCUT2D eigenvalue weighted by Crippen LogP contribution is 2.33. The number of benzene rings is 1. The highest BCUT2D eigenvalue weighted by Gasteiger charge is 2.20. The van der Waals surface area contributed by atoms with E-state index in [2.05, 4.69) is 22.1 Å². The second kappa shape index (κ2) is 7.99. The standard InChI is InChI=1S/C17H24N4O3S/c1-22-7-6-20-11-18-21(17(20)25)12-19-5-4-13-8-15(23-2)16(24-3)9-14(13)10-19/h8-9,11H,4-7,10,12H2,1-3H3. The lowest BCUT2D eigenvalue weighted by Crippen LogP contribution is -2.32. The van der Waals surface area contributed by atoms with E-state index in [1.165, 1.54) is 11.1 Å². The molecule has 7 nitrogen and oxygen atoms in total. The third kappa shape index (κ3) is 3.86. The van der Waals surface area contributed by atoms with Gasteiger partial charge in [-0.3, -0.25) is 4.90 Å². The molecule has 0 fully saturated rings. The lowest BCUT2D eigenvalue weighted by Gasteiger charge is -2.29. The summed E-state index contributed by atoms with van der Waals surface area (Å²) < 4.78 is 20.4. The molecule has 0 aliphatic carbocycles. The number of fused-ring (bicyclic) bond motifs is 1. The van der Waals surface area contributed by atoms with Gasteiger partial charge in [0.15, 0.2) is 16.3 Å². The summed E-state index contributed by atoms with van der Waals surface area (Å²) in [6.45, 7) is 3.80. The summed E-state index contributed by atoms with van der Waals surface area (Å²) in [6.07, 6.45) is 2.74. The first-order valence-electron chi connectivity index (χ1n) is 8.23. The van der Waals surface area contributed by atoms with Crippen LogP contribution in [0.3, 0.4) is 0 Å². The molecular formula is C17H24N4O3S. The van der Waals surface area contributed by atoms with Gasteiger partial charge in [0.2, 0.25) is 0 Å². The normalized spacial score (nSPS) is 14.4. The van der Waals surface area contributed by atoms with Gasteiger partial charge in [-0.25, -0.2) is 4.68 Å². The van der Waals surface area contributed by atoms with Crippen LogP contribution in [0, 0.1) is 4.77 Å². The van der Waals surface area contributed by atoms with E-state index >= 15 is 0 Å². The molecule has 1 aromatic heterocycles. The van der Waals surface area contributed by atoms with Gasteiger partial charge in [-0.2, -0.15) is 5.10 Å². The van der Waals surface area contributed by atoms with Crippen molar-refractivity contribution in [3.05, 3.63) is 34.4 Å². The Morgan fingerprint density at radius 3 is 2.52 bits per heavy atom. The highest BCUT2D eigenvalue weighted by molar-refractivity contribution is 7.71. The summed E-state index contributed by atoms with van der Waals surface area (Å²) >= 11 is 5.50. The van der Waals surface area contributed by atoms with Crippen molar-refractivity contribution in [2.45, 2.75) is 26.2 Å². The van der Waals surface area contributed by atoms with Crippen molar-refractivity contribution >= 4 is 12.2 Å². The van der Waals surface area contributed by atoms with E-state index in [1.807, 2.05) is 9.25 Å². The topological polar surface area (TPSA) is 53.7 Å². The lowest BCUT2D eigenvalue weighted by molar-refractivity contribution is 0.181. The Morgan fingerprint density at radius 1 is 1.12 bits per heavy atom. The van der Waals surface area contributed by atoms with Crippen LogP contribution in [0.5, 0.6) is 11.5 Å². The molecule has 1 aliphatic heterocycles. The Kier molecular flexibility index (Phi) is 5.72. The highest BCUT2D eigenvalue weighted by atomic mass is 32.1. The summed E-state index contributed by atoms with van der Waals surface area (Å²) in [5.74, 6) is 1.55. The maximum absolute atomic E-state index is 5.50. The van der Waals surface area contributed by atoms with Crippen LogP contribution in [0.25, 0.3) is 0 Å². The zero-order valence-electron chi connectivity index (χ0n) is 14.9. The summed E-state index contributed by atoms with van der Waals surface area (Å²) in [6, 6.07) is 4.15. The van der Waals surface area contributed by atoms with Crippen LogP contribution in [0.15, 0.2) is 18.5 Å². The van der Waals surface area contributed by atoms with Crippen molar-refractivity contribution < 1.29 is 14.2 Å². The minimum atomic E-state index is 0.624. The zero-order valence-corrected chi connectivity index (χ0v) is 15.7. The van der Waals surface area contributed by atoms with Gasteiger partial charge >= 0.3 is 0 Å². The molecule has 0 saturated heterocycles. The Morgan fingerprint density at radius 2 is 1.84 bits per heavy atom. The first-order chi connectivity index (χ1) is 12.2. The van der Waals surface area contributed by atoms with Crippen molar-refractivity contribution in [3.63, 3.8) is 0 Å². The molecule has 1 aliphatic rings. The Labute approximate surface area is 152 Å². The number of hydrogen-bond acceptors (Lipinski definition) is 6. The lowest BCUT2D eigenvalue weighted by atomic mass is 9.99. The molecule has 136 valence electrons. The summed E-state index contributed by atoms with van der Waals surface area (Å²) in [4.78, 5) is 2.33. The Bertz CT molecular complexity index is 787. The number of methoxy groups -OCH3 is 3. The van der Waals surface area contributed by atoms with Crippen molar-refractivity contribution in [3.8, 4) is 11.5 Å². The zero-order chi connectivity index (χ0) is 17.8. The van der Waals surface area contributed by atoms with Crippen molar-refractivity contribution in [2.75, 3.05) is 34.5 Å². The van der Waals surface area contributed by atoms with Crippen molar-refractivity contribution in [1.82, 2.24) is 19.2 Å². The maximum Gasteiger partial charge on any atom is 0.198 e. The smallest absolute Gasteiger partial charge is 0.198 e. The molecule has 0 bridgehead atoms. The fourth-order valence-corrected chi connectivity index (χ4v) is 3.31. The molecule has 0 unspecified atom stereocenters. The van der Waals surface area contributed by atoms with Crippen LogP contribution in [0.1, 0.15) is 11.1 Å². The van der Waals surface area contributed by atoms with Crippen LogP contribution in [0.2, 0.25) is 0 Å². The van der Waals surface area contributed by atoms with E-state index < -0.39 is 0 Å². The third-order valence-corrected chi connectivity index (χ3v) is 4.91. The van der Waals surface area contributed by atoms with Crippen LogP contribution in [0.4, 0.5) is 0 Å². The monoisotopic (exact) mass is 364 g/mol. The predicted molar refractivity (Wildman–Crippen MR) is 96.6 cm³/mol. The van der Waals surface area contributed by atoms with Crippen molar-refractivity contribution in [1.29, 1.82) is 0 Å². The van der Waals surface area contributed by atoms with Crippen LogP contribution in [-0.4, -0.2) is 53.7 Å². The fraction of sp³-hybridized carbons (Fsp3) is 0.529.